The molecular weight excluding hydrogens is 152 g/mol. The highest BCUT2D eigenvalue weighted by atomic mass is 32.1. The number of aliphatic carboxylic acids is 1. The van der Waals surface area contributed by atoms with Gasteiger partial charge in [-0.2, -0.15) is 12.6 Å². The third-order valence-electron chi connectivity index (χ3n) is 1.03. The van der Waals surface area contributed by atoms with Gasteiger partial charge in [0.25, 0.3) is 0 Å². The molecule has 10 heavy (non-hydrogen) atoms. The number of hydrogen-bond donors (Lipinski definition) is 2. The Hall–Kier alpha value is -0.220. The molecule has 0 fully saturated rings. The molecule has 0 heterocycles. The summed E-state index contributed by atoms with van der Waals surface area (Å²) in [4.78, 5) is 10.3. The van der Waals surface area contributed by atoms with Crippen LogP contribution in [0.3, 0.4) is 0 Å². The lowest BCUT2D eigenvalue weighted by Crippen LogP contribution is -2.24. The van der Waals surface area contributed by atoms with Crippen molar-refractivity contribution >= 4 is 18.6 Å². The van der Waals surface area contributed by atoms with Crippen LogP contribution in [0, 0.1) is 0 Å². The Labute approximate surface area is 65.8 Å². The highest BCUT2D eigenvalue weighted by molar-refractivity contribution is 7.80. The van der Waals surface area contributed by atoms with Crippen molar-refractivity contribution in [2.24, 2.45) is 0 Å². The van der Waals surface area contributed by atoms with Gasteiger partial charge in [0.15, 0.2) is 6.10 Å². The Morgan fingerprint density at radius 2 is 2.40 bits per heavy atom. The zero-order chi connectivity index (χ0) is 7.98. The van der Waals surface area contributed by atoms with Gasteiger partial charge in [-0.25, -0.2) is 4.79 Å². The van der Waals surface area contributed by atoms with Crippen molar-refractivity contribution in [3.05, 3.63) is 0 Å². The average Bonchev–Trinajstić information content (AvgIpc) is 1.87. The van der Waals surface area contributed by atoms with Crippen LogP contribution in [0.4, 0.5) is 0 Å². The van der Waals surface area contributed by atoms with Gasteiger partial charge in [-0.1, -0.05) is 0 Å². The summed E-state index contributed by atoms with van der Waals surface area (Å²) >= 11 is 3.90. The smallest absolute Gasteiger partial charge is 0.332 e. The fourth-order valence-electron chi connectivity index (χ4n) is 0.597. The van der Waals surface area contributed by atoms with E-state index >= 15 is 0 Å². The molecule has 0 amide bonds. The van der Waals surface area contributed by atoms with Gasteiger partial charge in [0.1, 0.15) is 0 Å². The minimum absolute atomic E-state index is 0.435. The van der Waals surface area contributed by atoms with E-state index in [2.05, 4.69) is 12.6 Å². The summed E-state index contributed by atoms with van der Waals surface area (Å²) in [7, 11) is 0. The van der Waals surface area contributed by atoms with Gasteiger partial charge in [-0.3, -0.25) is 0 Å². The van der Waals surface area contributed by atoms with Crippen LogP contribution in [0.2, 0.25) is 0 Å². The van der Waals surface area contributed by atoms with Crippen LogP contribution >= 0.6 is 12.6 Å². The normalized spacial score (nSPS) is 13.0. The number of carbonyl (C=O) groups is 1. The second kappa shape index (κ2) is 5.56. The molecule has 4 heteroatoms. The van der Waals surface area contributed by atoms with Crippen LogP contribution < -0.4 is 0 Å². The molecule has 1 unspecified atom stereocenters. The third kappa shape index (κ3) is 3.74. The second-order valence-corrected chi connectivity index (χ2v) is 2.24. The topological polar surface area (TPSA) is 46.5 Å². The number of hydrogen-bond acceptors (Lipinski definition) is 3. The van der Waals surface area contributed by atoms with Gasteiger partial charge in [-0.15, -0.1) is 0 Å². The molecule has 0 aromatic rings. The minimum Gasteiger partial charge on any atom is -0.479 e. The molecule has 0 spiro atoms. The van der Waals surface area contributed by atoms with E-state index in [4.69, 9.17) is 9.84 Å². The first kappa shape index (κ1) is 9.78. The van der Waals surface area contributed by atoms with Crippen molar-refractivity contribution in [1.29, 1.82) is 0 Å². The summed E-state index contributed by atoms with van der Waals surface area (Å²) in [6, 6.07) is 0. The maximum Gasteiger partial charge on any atom is 0.332 e. The van der Waals surface area contributed by atoms with Crippen molar-refractivity contribution < 1.29 is 14.6 Å². The van der Waals surface area contributed by atoms with E-state index in [9.17, 15) is 4.79 Å². The SMILES string of the molecule is CCOC(CCS)C(=O)O. The summed E-state index contributed by atoms with van der Waals surface area (Å²) in [6.45, 7) is 2.21. The van der Waals surface area contributed by atoms with Crippen LogP contribution in [0.5, 0.6) is 0 Å². The molecule has 1 N–H and O–H groups in total. The fraction of sp³-hybridized carbons (Fsp3) is 0.833. The van der Waals surface area contributed by atoms with E-state index in [1.165, 1.54) is 0 Å². The molecule has 0 saturated heterocycles. The lowest BCUT2D eigenvalue weighted by atomic mass is 10.3. The molecule has 60 valence electrons. The number of rotatable bonds is 5. The van der Waals surface area contributed by atoms with E-state index in [1.807, 2.05) is 0 Å². The number of carboxylic acid groups (broad SMARTS) is 1. The third-order valence-corrected chi connectivity index (χ3v) is 1.29. The van der Waals surface area contributed by atoms with Gasteiger partial charge in [0, 0.05) is 6.61 Å². The summed E-state index contributed by atoms with van der Waals surface area (Å²) in [5.41, 5.74) is 0. The van der Waals surface area contributed by atoms with Gasteiger partial charge in [0.2, 0.25) is 0 Å². The Morgan fingerprint density at radius 1 is 1.80 bits per heavy atom. The quantitative estimate of drug-likeness (QED) is 0.591. The molecule has 0 aliphatic rings. The Morgan fingerprint density at radius 3 is 2.70 bits per heavy atom. The Kier molecular flexibility index (Phi) is 5.43. The van der Waals surface area contributed by atoms with Gasteiger partial charge in [-0.05, 0) is 19.1 Å². The molecule has 0 bridgehead atoms. The molecule has 0 rings (SSSR count). The highest BCUT2D eigenvalue weighted by Gasteiger charge is 2.15. The van der Waals surface area contributed by atoms with Crippen LogP contribution in [0.1, 0.15) is 13.3 Å². The van der Waals surface area contributed by atoms with Crippen molar-refractivity contribution in [3.8, 4) is 0 Å². The maximum absolute atomic E-state index is 10.3. The fourth-order valence-corrected chi connectivity index (χ4v) is 0.831. The molecule has 0 aromatic heterocycles. The van der Waals surface area contributed by atoms with Crippen LogP contribution in [0.15, 0.2) is 0 Å². The first-order valence-electron chi connectivity index (χ1n) is 3.17. The van der Waals surface area contributed by atoms with Crippen molar-refractivity contribution in [3.63, 3.8) is 0 Å². The molecule has 0 aliphatic heterocycles. The first-order valence-corrected chi connectivity index (χ1v) is 3.80. The lowest BCUT2D eigenvalue weighted by Gasteiger charge is -2.09. The number of ether oxygens (including phenoxy) is 1. The summed E-state index contributed by atoms with van der Waals surface area (Å²) in [6.07, 6.45) is -0.214. The molecular formula is C6H12O3S. The first-order chi connectivity index (χ1) is 4.72. The molecule has 0 aliphatic carbocycles. The molecule has 0 radical (unpaired) electrons. The van der Waals surface area contributed by atoms with E-state index in [0.29, 0.717) is 18.8 Å². The Bertz CT molecular complexity index is 99.2. The van der Waals surface area contributed by atoms with E-state index in [1.54, 1.807) is 6.92 Å². The number of thiol groups is 1. The van der Waals surface area contributed by atoms with Crippen molar-refractivity contribution in [2.75, 3.05) is 12.4 Å². The summed E-state index contributed by atoms with van der Waals surface area (Å²) < 4.78 is 4.90. The predicted molar refractivity (Wildman–Crippen MR) is 41.5 cm³/mol. The van der Waals surface area contributed by atoms with Crippen molar-refractivity contribution in [2.45, 2.75) is 19.4 Å². The summed E-state index contributed by atoms with van der Waals surface area (Å²) in [5, 5.41) is 8.48. The average molecular weight is 164 g/mol. The molecule has 3 nitrogen and oxygen atoms in total. The molecule has 0 saturated carbocycles. The zero-order valence-electron chi connectivity index (χ0n) is 5.91. The highest BCUT2D eigenvalue weighted by Crippen LogP contribution is 1.99. The van der Waals surface area contributed by atoms with Gasteiger partial charge < -0.3 is 9.84 Å². The van der Waals surface area contributed by atoms with Crippen LogP contribution in [0.25, 0.3) is 0 Å². The van der Waals surface area contributed by atoms with Gasteiger partial charge in [0.05, 0.1) is 0 Å². The standard InChI is InChI=1S/C6H12O3S/c1-2-9-5(3-4-10)6(7)8/h5,10H,2-4H2,1H3,(H,7,8). The number of carboxylic acids is 1. The monoisotopic (exact) mass is 164 g/mol. The summed E-state index contributed by atoms with van der Waals surface area (Å²) in [5.74, 6) is -0.368. The van der Waals surface area contributed by atoms with Crippen LogP contribution in [-0.4, -0.2) is 29.5 Å². The predicted octanol–water partition coefficient (Wildman–Crippen LogP) is 0.796. The van der Waals surface area contributed by atoms with E-state index in [0.717, 1.165) is 0 Å². The largest absolute Gasteiger partial charge is 0.479 e. The molecule has 0 aromatic carbocycles. The maximum atomic E-state index is 10.3. The van der Waals surface area contributed by atoms with E-state index in [-0.39, 0.29) is 0 Å². The Balaban J connectivity index is 3.61. The molecule has 1 atom stereocenters. The van der Waals surface area contributed by atoms with Crippen LogP contribution in [-0.2, 0) is 9.53 Å². The zero-order valence-corrected chi connectivity index (χ0v) is 6.80. The van der Waals surface area contributed by atoms with Crippen molar-refractivity contribution in [1.82, 2.24) is 0 Å². The van der Waals surface area contributed by atoms with E-state index < -0.39 is 12.1 Å². The van der Waals surface area contributed by atoms with Gasteiger partial charge >= 0.3 is 5.97 Å². The second-order valence-electron chi connectivity index (χ2n) is 1.79. The minimum atomic E-state index is -0.907. The lowest BCUT2D eigenvalue weighted by molar-refractivity contribution is -0.150.